The third kappa shape index (κ3) is 2.70. The predicted octanol–water partition coefficient (Wildman–Crippen LogP) is 3.68. The Morgan fingerprint density at radius 1 is 1.12 bits per heavy atom. The van der Waals surface area contributed by atoms with Crippen molar-refractivity contribution in [1.82, 2.24) is 4.57 Å². The van der Waals surface area contributed by atoms with Gasteiger partial charge >= 0.3 is 0 Å². The Labute approximate surface area is 103 Å². The molecule has 2 N–H and O–H groups in total. The Balaban J connectivity index is 2.16. The highest BCUT2D eigenvalue weighted by atomic mass is 15.0. The van der Waals surface area contributed by atoms with E-state index in [2.05, 4.69) is 42.0 Å². The van der Waals surface area contributed by atoms with Gasteiger partial charge in [-0.15, -0.1) is 0 Å². The average Bonchev–Trinajstić information content (AvgIpc) is 2.73. The highest BCUT2D eigenvalue weighted by Gasteiger charge is 2.05. The zero-order valence-electron chi connectivity index (χ0n) is 10.7. The zero-order valence-corrected chi connectivity index (χ0v) is 10.7. The maximum absolute atomic E-state index is 5.79. The van der Waals surface area contributed by atoms with Gasteiger partial charge in [0.2, 0.25) is 0 Å². The Kier molecular flexibility index (Phi) is 4.21. The summed E-state index contributed by atoms with van der Waals surface area (Å²) in [4.78, 5) is 0. The van der Waals surface area contributed by atoms with E-state index >= 15 is 0 Å². The van der Waals surface area contributed by atoms with Gasteiger partial charge in [-0.2, -0.15) is 0 Å². The van der Waals surface area contributed by atoms with Gasteiger partial charge in [0.25, 0.3) is 0 Å². The number of hydrogen-bond acceptors (Lipinski definition) is 1. The lowest BCUT2D eigenvalue weighted by atomic mass is 10.2. The van der Waals surface area contributed by atoms with Crippen LogP contribution in [0.4, 0.5) is 0 Å². The molecule has 2 nitrogen and oxygen atoms in total. The fraction of sp³-hybridized carbons (Fsp3) is 0.467. The summed E-state index contributed by atoms with van der Waals surface area (Å²) in [6, 6.07) is 8.54. The van der Waals surface area contributed by atoms with Crippen LogP contribution in [0, 0.1) is 0 Å². The summed E-state index contributed by atoms with van der Waals surface area (Å²) >= 11 is 0. The van der Waals surface area contributed by atoms with Crippen LogP contribution in [0.5, 0.6) is 0 Å². The highest BCUT2D eigenvalue weighted by molar-refractivity contribution is 5.83. The van der Waals surface area contributed by atoms with Gasteiger partial charge in [-0.3, -0.25) is 0 Å². The number of unbranched alkanes of at least 4 members (excludes halogenated alkanes) is 3. The van der Waals surface area contributed by atoms with Crippen LogP contribution in [0.3, 0.4) is 0 Å². The molecule has 2 rings (SSSR count). The van der Waals surface area contributed by atoms with Gasteiger partial charge in [-0.25, -0.2) is 0 Å². The Morgan fingerprint density at radius 2 is 1.94 bits per heavy atom. The van der Waals surface area contributed by atoms with Crippen LogP contribution in [0.25, 0.3) is 10.9 Å². The molecule has 0 aliphatic rings. The summed E-state index contributed by atoms with van der Waals surface area (Å²) in [5, 5.41) is 1.31. The van der Waals surface area contributed by atoms with Crippen molar-refractivity contribution in [3.8, 4) is 0 Å². The van der Waals surface area contributed by atoms with Gasteiger partial charge in [0.05, 0.1) is 0 Å². The van der Waals surface area contributed by atoms with Crippen molar-refractivity contribution in [2.24, 2.45) is 5.73 Å². The van der Waals surface area contributed by atoms with E-state index in [1.165, 1.54) is 42.1 Å². The largest absolute Gasteiger partial charge is 0.347 e. The normalized spacial score (nSPS) is 11.2. The molecule has 0 saturated heterocycles. The lowest BCUT2D eigenvalue weighted by molar-refractivity contribution is 0.593. The first-order chi connectivity index (χ1) is 8.36. The topological polar surface area (TPSA) is 30.9 Å². The molecule has 0 amide bonds. The number of fused-ring (bicyclic) bond motifs is 1. The summed E-state index contributed by atoms with van der Waals surface area (Å²) in [6.07, 6.45) is 7.43. The number of hydrogen-bond donors (Lipinski definition) is 1. The number of aryl methyl sites for hydroxylation is 1. The molecule has 0 saturated carbocycles. The van der Waals surface area contributed by atoms with E-state index in [1.54, 1.807) is 0 Å². The monoisotopic (exact) mass is 230 g/mol. The van der Waals surface area contributed by atoms with Gasteiger partial charge in [-0.1, -0.05) is 44.4 Å². The van der Waals surface area contributed by atoms with Gasteiger partial charge in [0, 0.05) is 30.2 Å². The number of aromatic nitrogens is 1. The smallest absolute Gasteiger partial charge is 0.0483 e. The molecule has 0 aliphatic carbocycles. The van der Waals surface area contributed by atoms with Crippen LogP contribution in [0.15, 0.2) is 30.5 Å². The van der Waals surface area contributed by atoms with E-state index in [-0.39, 0.29) is 0 Å². The minimum absolute atomic E-state index is 0.627. The van der Waals surface area contributed by atoms with E-state index in [1.807, 2.05) is 0 Å². The Bertz CT molecular complexity index is 471. The van der Waals surface area contributed by atoms with E-state index in [4.69, 9.17) is 5.73 Å². The number of benzene rings is 1. The first-order valence-electron chi connectivity index (χ1n) is 6.63. The molecule has 92 valence electrons. The molecule has 2 aromatic rings. The standard InChI is InChI=1S/C15H22N2/c1-2-3-4-7-10-17-12-13(11-16)14-8-5-6-9-15(14)17/h5-6,8-9,12H,2-4,7,10-11,16H2,1H3. The molecule has 1 aromatic heterocycles. The maximum atomic E-state index is 5.79. The minimum Gasteiger partial charge on any atom is -0.347 e. The summed E-state index contributed by atoms with van der Waals surface area (Å²) in [7, 11) is 0. The quantitative estimate of drug-likeness (QED) is 0.754. The Morgan fingerprint density at radius 3 is 2.71 bits per heavy atom. The average molecular weight is 230 g/mol. The third-order valence-electron chi connectivity index (χ3n) is 3.34. The SMILES string of the molecule is CCCCCCn1cc(CN)c2ccccc21. The molecule has 0 atom stereocenters. The zero-order chi connectivity index (χ0) is 12.1. The third-order valence-corrected chi connectivity index (χ3v) is 3.34. The summed E-state index contributed by atoms with van der Waals surface area (Å²) < 4.78 is 2.35. The summed E-state index contributed by atoms with van der Waals surface area (Å²) in [5.74, 6) is 0. The predicted molar refractivity (Wildman–Crippen MR) is 74.0 cm³/mol. The molecule has 0 bridgehead atoms. The van der Waals surface area contributed by atoms with Gasteiger partial charge in [0.1, 0.15) is 0 Å². The second-order valence-electron chi connectivity index (χ2n) is 4.63. The van der Waals surface area contributed by atoms with Crippen molar-refractivity contribution in [2.45, 2.75) is 45.7 Å². The van der Waals surface area contributed by atoms with Crippen molar-refractivity contribution < 1.29 is 0 Å². The Hall–Kier alpha value is -1.28. The van der Waals surface area contributed by atoms with Crippen molar-refractivity contribution in [1.29, 1.82) is 0 Å². The molecule has 1 aromatic carbocycles. The maximum Gasteiger partial charge on any atom is 0.0483 e. The molecule has 17 heavy (non-hydrogen) atoms. The molecule has 2 heteroatoms. The first kappa shape index (κ1) is 12.2. The van der Waals surface area contributed by atoms with Gasteiger partial charge < -0.3 is 10.3 Å². The molecule has 0 spiro atoms. The number of rotatable bonds is 6. The molecule has 0 radical (unpaired) electrons. The molecule has 0 aliphatic heterocycles. The first-order valence-corrected chi connectivity index (χ1v) is 6.63. The van der Waals surface area contributed by atoms with Crippen molar-refractivity contribution >= 4 is 10.9 Å². The number of para-hydroxylation sites is 1. The molecular formula is C15H22N2. The second kappa shape index (κ2) is 5.87. The summed E-state index contributed by atoms with van der Waals surface area (Å²) in [5.41, 5.74) is 8.38. The van der Waals surface area contributed by atoms with Crippen LogP contribution in [0.2, 0.25) is 0 Å². The molecular weight excluding hydrogens is 208 g/mol. The second-order valence-corrected chi connectivity index (χ2v) is 4.63. The van der Waals surface area contributed by atoms with E-state index < -0.39 is 0 Å². The fourth-order valence-corrected chi connectivity index (χ4v) is 2.38. The van der Waals surface area contributed by atoms with Crippen LogP contribution >= 0.6 is 0 Å². The van der Waals surface area contributed by atoms with Crippen LogP contribution in [-0.2, 0) is 13.1 Å². The lowest BCUT2D eigenvalue weighted by Crippen LogP contribution is -1.97. The van der Waals surface area contributed by atoms with Gasteiger partial charge in [0.15, 0.2) is 0 Å². The molecule has 0 fully saturated rings. The van der Waals surface area contributed by atoms with Crippen LogP contribution < -0.4 is 5.73 Å². The number of nitrogens with two attached hydrogens (primary N) is 1. The number of nitrogens with zero attached hydrogens (tertiary/aromatic N) is 1. The van der Waals surface area contributed by atoms with E-state index in [0.717, 1.165) is 6.54 Å². The van der Waals surface area contributed by atoms with Crippen molar-refractivity contribution in [2.75, 3.05) is 0 Å². The van der Waals surface area contributed by atoms with Gasteiger partial charge in [-0.05, 0) is 18.1 Å². The van der Waals surface area contributed by atoms with Crippen LogP contribution in [-0.4, -0.2) is 4.57 Å². The fourth-order valence-electron chi connectivity index (χ4n) is 2.38. The van der Waals surface area contributed by atoms with E-state index in [9.17, 15) is 0 Å². The van der Waals surface area contributed by atoms with E-state index in [0.29, 0.717) is 6.54 Å². The molecule has 0 unspecified atom stereocenters. The highest BCUT2D eigenvalue weighted by Crippen LogP contribution is 2.21. The molecule has 1 heterocycles. The van der Waals surface area contributed by atoms with Crippen LogP contribution in [0.1, 0.15) is 38.2 Å². The summed E-state index contributed by atoms with van der Waals surface area (Å²) in [6.45, 7) is 3.99. The van der Waals surface area contributed by atoms with Crippen molar-refractivity contribution in [3.63, 3.8) is 0 Å². The minimum atomic E-state index is 0.627. The van der Waals surface area contributed by atoms with Crippen molar-refractivity contribution in [3.05, 3.63) is 36.0 Å². The lowest BCUT2D eigenvalue weighted by Gasteiger charge is -2.04.